The van der Waals surface area contributed by atoms with Gasteiger partial charge in [-0.2, -0.15) is 5.10 Å². The molecule has 3 rings (SSSR count). The third-order valence-corrected chi connectivity index (χ3v) is 4.22. The number of fused-ring (bicyclic) bond motifs is 1. The van der Waals surface area contributed by atoms with Crippen molar-refractivity contribution < 1.29 is 4.79 Å². The molecule has 0 aliphatic carbocycles. The molecule has 26 heavy (non-hydrogen) atoms. The van der Waals surface area contributed by atoms with Gasteiger partial charge < -0.3 is 0 Å². The summed E-state index contributed by atoms with van der Waals surface area (Å²) < 4.78 is 3.07. The molecule has 0 radical (unpaired) electrons. The number of nitrogens with zero attached hydrogens (tertiary/aromatic N) is 5. The van der Waals surface area contributed by atoms with Crippen molar-refractivity contribution in [1.82, 2.24) is 24.5 Å². The first kappa shape index (κ1) is 17.8. The summed E-state index contributed by atoms with van der Waals surface area (Å²) in [6.45, 7) is 6.83. The zero-order valence-corrected chi connectivity index (χ0v) is 15.1. The number of anilines is 1. The van der Waals surface area contributed by atoms with E-state index in [-0.39, 0.29) is 17.4 Å². The Hall–Kier alpha value is -3.03. The molecule has 0 spiro atoms. The number of carbonyl (C=O) groups is 1. The normalized spacial score (nSPS) is 12.3. The molecule has 0 fully saturated rings. The van der Waals surface area contributed by atoms with Gasteiger partial charge >= 0.3 is 0 Å². The fourth-order valence-corrected chi connectivity index (χ4v) is 2.83. The lowest BCUT2D eigenvalue weighted by Gasteiger charge is -2.14. The fraction of sp³-hybridized carbons (Fsp3) is 0.389. The molecule has 1 atom stereocenters. The Morgan fingerprint density at radius 1 is 1.19 bits per heavy atom. The molecule has 2 heterocycles. The second-order valence-corrected chi connectivity index (χ2v) is 6.09. The lowest BCUT2D eigenvalue weighted by atomic mass is 10.0. The summed E-state index contributed by atoms with van der Waals surface area (Å²) in [5.41, 5.74) is 0.409. The molecule has 0 aliphatic heterocycles. The van der Waals surface area contributed by atoms with Gasteiger partial charge in [0.2, 0.25) is 11.9 Å². The van der Waals surface area contributed by atoms with Crippen molar-refractivity contribution in [2.75, 3.05) is 5.32 Å². The van der Waals surface area contributed by atoms with E-state index in [4.69, 9.17) is 0 Å². The van der Waals surface area contributed by atoms with Crippen LogP contribution in [0.5, 0.6) is 0 Å². The number of hydrogen-bond acceptors (Lipinski definition) is 5. The molecule has 1 aromatic carbocycles. The third kappa shape index (κ3) is 3.35. The third-order valence-electron chi connectivity index (χ3n) is 4.22. The van der Waals surface area contributed by atoms with Crippen molar-refractivity contribution >= 4 is 22.6 Å². The van der Waals surface area contributed by atoms with E-state index in [2.05, 4.69) is 20.5 Å². The average molecular weight is 354 g/mol. The number of aromatic nitrogens is 5. The number of benzene rings is 1. The largest absolute Gasteiger partial charge is 0.293 e. The summed E-state index contributed by atoms with van der Waals surface area (Å²) in [5, 5.41) is 12.6. The Kier molecular flexibility index (Phi) is 5.11. The molecule has 1 amide bonds. The fourth-order valence-electron chi connectivity index (χ4n) is 2.83. The van der Waals surface area contributed by atoms with Crippen molar-refractivity contribution in [1.29, 1.82) is 0 Å². The quantitative estimate of drug-likeness (QED) is 0.732. The standard InChI is InChI=1S/C18H22N6O2/c1-4-10-23-11-19-18(22-23)20-16(25)12(3)15-13-8-6-7-9-14(13)17(26)24(5-2)21-15/h6-9,11-12H,4-5,10H2,1-3H3,(H,20,22,25)/t12-/m0/s1. The van der Waals surface area contributed by atoms with Crippen LogP contribution in [0.25, 0.3) is 10.8 Å². The molecule has 0 saturated carbocycles. The smallest absolute Gasteiger partial charge is 0.274 e. The Morgan fingerprint density at radius 3 is 2.62 bits per heavy atom. The Balaban J connectivity index is 1.93. The van der Waals surface area contributed by atoms with Crippen LogP contribution in [0, 0.1) is 0 Å². The van der Waals surface area contributed by atoms with Crippen molar-refractivity contribution in [3.63, 3.8) is 0 Å². The van der Waals surface area contributed by atoms with Crippen LogP contribution in [0.4, 0.5) is 5.95 Å². The first-order valence-corrected chi connectivity index (χ1v) is 8.75. The van der Waals surface area contributed by atoms with Crippen LogP contribution in [-0.2, 0) is 17.9 Å². The molecule has 136 valence electrons. The summed E-state index contributed by atoms with van der Waals surface area (Å²) in [4.78, 5) is 29.2. The highest BCUT2D eigenvalue weighted by molar-refractivity contribution is 5.97. The number of aryl methyl sites for hydroxylation is 2. The monoisotopic (exact) mass is 354 g/mol. The maximum Gasteiger partial charge on any atom is 0.274 e. The summed E-state index contributed by atoms with van der Waals surface area (Å²) in [7, 11) is 0. The first-order chi connectivity index (χ1) is 12.5. The molecular weight excluding hydrogens is 332 g/mol. The maximum atomic E-state index is 12.7. The Labute approximate surface area is 150 Å². The summed E-state index contributed by atoms with van der Waals surface area (Å²) in [6, 6.07) is 7.22. The number of rotatable bonds is 6. The molecular formula is C18H22N6O2. The van der Waals surface area contributed by atoms with Crippen molar-refractivity contribution in [3.8, 4) is 0 Å². The van der Waals surface area contributed by atoms with Gasteiger partial charge in [0.25, 0.3) is 5.56 Å². The highest BCUT2D eigenvalue weighted by Gasteiger charge is 2.22. The summed E-state index contributed by atoms with van der Waals surface area (Å²) in [5.74, 6) is -0.557. The van der Waals surface area contributed by atoms with E-state index >= 15 is 0 Å². The van der Waals surface area contributed by atoms with Crippen LogP contribution >= 0.6 is 0 Å². The van der Waals surface area contributed by atoms with Gasteiger partial charge in [-0.15, -0.1) is 5.10 Å². The Bertz CT molecular complexity index is 991. The van der Waals surface area contributed by atoms with Gasteiger partial charge in [-0.3, -0.25) is 19.6 Å². The summed E-state index contributed by atoms with van der Waals surface area (Å²) >= 11 is 0. The molecule has 0 bridgehead atoms. The zero-order chi connectivity index (χ0) is 18.7. The lowest BCUT2D eigenvalue weighted by molar-refractivity contribution is -0.117. The van der Waals surface area contributed by atoms with E-state index < -0.39 is 5.92 Å². The van der Waals surface area contributed by atoms with E-state index in [0.29, 0.717) is 23.0 Å². The minimum atomic E-state index is -0.559. The van der Waals surface area contributed by atoms with Gasteiger partial charge in [-0.1, -0.05) is 25.1 Å². The van der Waals surface area contributed by atoms with Crippen LogP contribution in [0.2, 0.25) is 0 Å². The maximum absolute atomic E-state index is 12.7. The van der Waals surface area contributed by atoms with Gasteiger partial charge in [-0.25, -0.2) is 9.67 Å². The first-order valence-electron chi connectivity index (χ1n) is 8.75. The van der Waals surface area contributed by atoms with Crippen LogP contribution in [0.1, 0.15) is 38.8 Å². The van der Waals surface area contributed by atoms with Gasteiger partial charge in [-0.05, 0) is 26.3 Å². The molecule has 2 aromatic heterocycles. The zero-order valence-electron chi connectivity index (χ0n) is 15.1. The SMILES string of the molecule is CCCn1cnc(NC(=O)[C@@H](C)c2nn(CC)c(=O)c3ccccc23)n1. The lowest BCUT2D eigenvalue weighted by Crippen LogP contribution is -2.27. The molecule has 8 heteroatoms. The van der Waals surface area contributed by atoms with Gasteiger partial charge in [0.15, 0.2) is 0 Å². The number of hydrogen-bond donors (Lipinski definition) is 1. The van der Waals surface area contributed by atoms with E-state index in [9.17, 15) is 9.59 Å². The molecule has 3 aromatic rings. The second kappa shape index (κ2) is 7.47. The predicted molar refractivity (Wildman–Crippen MR) is 99.0 cm³/mol. The van der Waals surface area contributed by atoms with Crippen LogP contribution < -0.4 is 10.9 Å². The van der Waals surface area contributed by atoms with Crippen molar-refractivity contribution in [2.45, 2.75) is 46.2 Å². The Morgan fingerprint density at radius 2 is 1.92 bits per heavy atom. The van der Waals surface area contributed by atoms with Gasteiger partial charge in [0.1, 0.15) is 6.33 Å². The number of carbonyl (C=O) groups excluding carboxylic acids is 1. The van der Waals surface area contributed by atoms with E-state index in [1.54, 1.807) is 24.0 Å². The highest BCUT2D eigenvalue weighted by atomic mass is 16.2. The van der Waals surface area contributed by atoms with E-state index in [1.165, 1.54) is 4.68 Å². The topological polar surface area (TPSA) is 94.7 Å². The average Bonchev–Trinajstić information content (AvgIpc) is 3.09. The van der Waals surface area contributed by atoms with Crippen LogP contribution in [-0.4, -0.2) is 30.5 Å². The number of amides is 1. The van der Waals surface area contributed by atoms with Gasteiger partial charge in [0.05, 0.1) is 17.0 Å². The highest BCUT2D eigenvalue weighted by Crippen LogP contribution is 2.22. The second-order valence-electron chi connectivity index (χ2n) is 6.09. The van der Waals surface area contributed by atoms with E-state index in [0.717, 1.165) is 13.0 Å². The molecule has 0 aliphatic rings. The van der Waals surface area contributed by atoms with Gasteiger partial charge in [0, 0.05) is 18.5 Å². The minimum absolute atomic E-state index is 0.153. The van der Waals surface area contributed by atoms with E-state index in [1.807, 2.05) is 32.0 Å². The van der Waals surface area contributed by atoms with Crippen LogP contribution in [0.3, 0.4) is 0 Å². The molecule has 0 unspecified atom stereocenters. The minimum Gasteiger partial charge on any atom is -0.293 e. The van der Waals surface area contributed by atoms with Crippen LogP contribution in [0.15, 0.2) is 35.4 Å². The summed E-state index contributed by atoms with van der Waals surface area (Å²) in [6.07, 6.45) is 2.52. The van der Waals surface area contributed by atoms with Crippen molar-refractivity contribution in [3.05, 3.63) is 46.6 Å². The molecule has 1 N–H and O–H groups in total. The predicted octanol–water partition coefficient (Wildman–Crippen LogP) is 2.16. The number of nitrogens with one attached hydrogen (secondary N) is 1. The molecule has 0 saturated heterocycles. The van der Waals surface area contributed by atoms with Crippen molar-refractivity contribution in [2.24, 2.45) is 0 Å². The molecule has 8 nitrogen and oxygen atoms in total.